The Hall–Kier alpha value is -1.56. The maximum Gasteiger partial charge on any atom is 0.333 e. The average Bonchev–Trinajstić information content (AvgIpc) is 2.40. The molecular formula is C15H23NO4S. The van der Waals surface area contributed by atoms with E-state index >= 15 is 0 Å². The topological polar surface area (TPSA) is 63.7 Å². The second kappa shape index (κ2) is 10.2. The summed E-state index contributed by atoms with van der Waals surface area (Å²) < 4.78 is 6.50. The van der Waals surface area contributed by atoms with Gasteiger partial charge in [-0.1, -0.05) is 13.2 Å². The van der Waals surface area contributed by atoms with E-state index in [0.717, 1.165) is 0 Å². The summed E-state index contributed by atoms with van der Waals surface area (Å²) in [6, 6.07) is 0. The van der Waals surface area contributed by atoms with Gasteiger partial charge in [-0.05, 0) is 44.2 Å². The van der Waals surface area contributed by atoms with Gasteiger partial charge in [0.25, 0.3) is 0 Å². The number of nitrogens with zero attached hydrogens (tertiary/aromatic N) is 1. The van der Waals surface area contributed by atoms with Crippen molar-refractivity contribution in [3.63, 3.8) is 0 Å². The molecule has 0 aliphatic carbocycles. The molecule has 6 heteroatoms. The first-order chi connectivity index (χ1) is 9.75. The summed E-state index contributed by atoms with van der Waals surface area (Å²) in [7, 11) is 0. The van der Waals surface area contributed by atoms with E-state index in [4.69, 9.17) is 4.74 Å². The Balaban J connectivity index is 3.98. The lowest BCUT2D eigenvalue weighted by atomic mass is 10.2. The molecule has 0 fully saturated rings. The fourth-order valence-electron chi connectivity index (χ4n) is 1.22. The zero-order chi connectivity index (χ0) is 16.4. The van der Waals surface area contributed by atoms with Gasteiger partial charge in [0.15, 0.2) is 5.78 Å². The van der Waals surface area contributed by atoms with E-state index in [1.807, 2.05) is 0 Å². The molecule has 0 N–H and O–H groups in total. The van der Waals surface area contributed by atoms with Crippen LogP contribution in [0.1, 0.15) is 33.6 Å². The molecule has 0 heterocycles. The highest BCUT2D eigenvalue weighted by molar-refractivity contribution is 7.98. The molecule has 0 rings (SSSR count). The molecule has 0 aromatic heterocycles. The van der Waals surface area contributed by atoms with Crippen molar-refractivity contribution in [3.8, 4) is 0 Å². The van der Waals surface area contributed by atoms with Gasteiger partial charge in [-0.3, -0.25) is 13.9 Å². The largest absolute Gasteiger partial charge is 0.462 e. The Bertz CT molecular complexity index is 431. The minimum Gasteiger partial charge on any atom is -0.462 e. The lowest BCUT2D eigenvalue weighted by Gasteiger charge is -2.19. The molecule has 0 aliphatic heterocycles. The minimum absolute atomic E-state index is 0.0679. The molecule has 0 aromatic rings. The van der Waals surface area contributed by atoms with E-state index in [9.17, 15) is 14.4 Å². The predicted octanol–water partition coefficient (Wildman–Crippen LogP) is 2.53. The van der Waals surface area contributed by atoms with Crippen molar-refractivity contribution in [3.05, 3.63) is 24.3 Å². The number of unbranched alkanes of at least 4 members (excludes halogenated alkanes) is 1. The highest BCUT2D eigenvalue weighted by Gasteiger charge is 2.12. The van der Waals surface area contributed by atoms with E-state index in [1.165, 1.54) is 18.9 Å². The minimum atomic E-state index is -0.403. The van der Waals surface area contributed by atoms with Gasteiger partial charge in [0.1, 0.15) is 0 Å². The number of carbonyl (C=O) groups excluding carboxylic acids is 3. The van der Waals surface area contributed by atoms with Gasteiger partial charge in [-0.25, -0.2) is 4.79 Å². The Morgan fingerprint density at radius 3 is 2.14 bits per heavy atom. The average molecular weight is 313 g/mol. The van der Waals surface area contributed by atoms with Crippen LogP contribution in [0.4, 0.5) is 0 Å². The van der Waals surface area contributed by atoms with Crippen molar-refractivity contribution in [1.29, 1.82) is 0 Å². The van der Waals surface area contributed by atoms with Crippen LogP contribution in [0, 0.1) is 0 Å². The molecule has 118 valence electrons. The Labute approximate surface area is 130 Å². The van der Waals surface area contributed by atoms with Gasteiger partial charge in [0, 0.05) is 19.0 Å². The second-order valence-electron chi connectivity index (χ2n) is 4.72. The number of amides is 1. The van der Waals surface area contributed by atoms with Crippen LogP contribution < -0.4 is 0 Å². The Morgan fingerprint density at radius 1 is 1.05 bits per heavy atom. The molecule has 0 spiro atoms. The first-order valence-electron chi connectivity index (χ1n) is 6.68. The number of ether oxygens (including phenoxy) is 1. The van der Waals surface area contributed by atoms with Gasteiger partial charge < -0.3 is 4.74 Å². The highest BCUT2D eigenvalue weighted by atomic mass is 32.2. The summed E-state index contributed by atoms with van der Waals surface area (Å²) in [5.74, 6) is -0.366. The van der Waals surface area contributed by atoms with Crippen LogP contribution in [0.15, 0.2) is 24.3 Å². The molecule has 0 aromatic carbocycles. The molecule has 0 bridgehead atoms. The maximum atomic E-state index is 11.5. The molecule has 0 radical (unpaired) electrons. The number of hydrogen-bond acceptors (Lipinski definition) is 5. The number of esters is 1. The van der Waals surface area contributed by atoms with Gasteiger partial charge in [-0.15, -0.1) is 0 Å². The molecule has 0 unspecified atom stereocenters. The van der Waals surface area contributed by atoms with Crippen LogP contribution in [-0.4, -0.2) is 40.9 Å². The summed E-state index contributed by atoms with van der Waals surface area (Å²) >= 11 is 1.19. The molecule has 0 saturated heterocycles. The van der Waals surface area contributed by atoms with Gasteiger partial charge >= 0.3 is 5.97 Å². The predicted molar refractivity (Wildman–Crippen MR) is 84.7 cm³/mol. The molecule has 21 heavy (non-hydrogen) atoms. The number of allylic oxidation sites excluding steroid dienone is 1. The van der Waals surface area contributed by atoms with E-state index in [0.29, 0.717) is 37.1 Å². The molecule has 0 atom stereocenters. The monoisotopic (exact) mass is 313 g/mol. The molecule has 5 nitrogen and oxygen atoms in total. The van der Waals surface area contributed by atoms with Crippen molar-refractivity contribution in [1.82, 2.24) is 4.31 Å². The second-order valence-corrected chi connectivity index (χ2v) is 5.71. The van der Waals surface area contributed by atoms with Crippen LogP contribution in [0.3, 0.4) is 0 Å². The Morgan fingerprint density at radius 2 is 1.67 bits per heavy atom. The SMILES string of the molecule is C=C(C)C(=O)CSN(CCCCOC(=O)C(=C)C)C(C)=O. The molecular weight excluding hydrogens is 290 g/mol. The first-order valence-corrected chi connectivity index (χ1v) is 7.62. The molecule has 0 aliphatic rings. The zero-order valence-corrected chi connectivity index (χ0v) is 13.8. The van der Waals surface area contributed by atoms with Crippen LogP contribution in [-0.2, 0) is 19.1 Å². The van der Waals surface area contributed by atoms with Gasteiger partial charge in [-0.2, -0.15) is 0 Å². The third-order valence-corrected chi connectivity index (χ3v) is 3.66. The van der Waals surface area contributed by atoms with Crippen molar-refractivity contribution in [2.45, 2.75) is 33.6 Å². The maximum absolute atomic E-state index is 11.5. The number of ketones is 1. The summed E-state index contributed by atoms with van der Waals surface area (Å²) in [6.45, 7) is 12.6. The third kappa shape index (κ3) is 9.07. The molecule has 0 saturated carbocycles. The van der Waals surface area contributed by atoms with E-state index in [2.05, 4.69) is 13.2 Å². The summed E-state index contributed by atoms with van der Waals surface area (Å²) in [4.78, 5) is 34.1. The quantitative estimate of drug-likeness (QED) is 0.268. The smallest absolute Gasteiger partial charge is 0.333 e. The number of hydrogen-bond donors (Lipinski definition) is 0. The van der Waals surface area contributed by atoms with Gasteiger partial charge in [0.05, 0.1) is 12.4 Å². The highest BCUT2D eigenvalue weighted by Crippen LogP contribution is 2.13. The van der Waals surface area contributed by atoms with E-state index in [1.54, 1.807) is 18.2 Å². The van der Waals surface area contributed by atoms with Crippen LogP contribution in [0.2, 0.25) is 0 Å². The fourth-order valence-corrected chi connectivity index (χ4v) is 2.18. The standard InChI is InChI=1S/C15H23NO4S/c1-11(2)14(18)10-21-16(13(5)17)8-6-7-9-20-15(19)12(3)4/h1,3,6-10H2,2,4-5H3. The summed E-state index contributed by atoms with van der Waals surface area (Å²) in [6.07, 6.45) is 1.34. The number of rotatable bonds is 10. The Kier molecular flexibility index (Phi) is 9.45. The van der Waals surface area contributed by atoms with Crippen LogP contribution in [0.5, 0.6) is 0 Å². The van der Waals surface area contributed by atoms with Crippen molar-refractivity contribution in [2.24, 2.45) is 0 Å². The van der Waals surface area contributed by atoms with Crippen molar-refractivity contribution >= 4 is 29.6 Å². The molecule has 1 amide bonds. The lowest BCUT2D eigenvalue weighted by molar-refractivity contribution is -0.139. The number of Topliss-reactive ketones (excluding diaryl/α,β-unsaturated/α-hetero) is 1. The summed E-state index contributed by atoms with van der Waals surface area (Å²) in [5, 5.41) is 0. The fraction of sp³-hybridized carbons (Fsp3) is 0.533. The van der Waals surface area contributed by atoms with Gasteiger partial charge in [0.2, 0.25) is 5.91 Å². The zero-order valence-electron chi connectivity index (χ0n) is 12.9. The lowest BCUT2D eigenvalue weighted by Crippen LogP contribution is -2.25. The van der Waals surface area contributed by atoms with Crippen molar-refractivity contribution < 1.29 is 19.1 Å². The van der Waals surface area contributed by atoms with Crippen LogP contribution in [0.25, 0.3) is 0 Å². The normalized spacial score (nSPS) is 9.86. The van der Waals surface area contributed by atoms with E-state index in [-0.39, 0.29) is 17.4 Å². The number of carbonyl (C=O) groups is 3. The third-order valence-electron chi connectivity index (χ3n) is 2.52. The van der Waals surface area contributed by atoms with Crippen LogP contribution >= 0.6 is 11.9 Å². The van der Waals surface area contributed by atoms with Crippen molar-refractivity contribution in [2.75, 3.05) is 18.9 Å². The summed E-state index contributed by atoms with van der Waals surface area (Å²) in [5.41, 5.74) is 0.854. The van der Waals surface area contributed by atoms with E-state index < -0.39 is 5.97 Å². The first kappa shape index (κ1) is 19.4.